The van der Waals surface area contributed by atoms with Gasteiger partial charge in [-0.25, -0.2) is 0 Å². The first-order chi connectivity index (χ1) is 14.2. The van der Waals surface area contributed by atoms with Crippen molar-refractivity contribution in [3.05, 3.63) is 12.2 Å². The monoisotopic (exact) mass is 412 g/mol. The maximum absolute atomic E-state index is 11.5. The van der Waals surface area contributed by atoms with Gasteiger partial charge in [-0.2, -0.15) is 0 Å². The highest BCUT2D eigenvalue weighted by atomic mass is 16.6. The fourth-order valence-corrected chi connectivity index (χ4v) is 3.42. The Hall–Kier alpha value is -0.870. The third-order valence-electron chi connectivity index (χ3n) is 5.35. The number of rotatable bonds is 22. The van der Waals surface area contributed by atoms with Crippen molar-refractivity contribution in [2.24, 2.45) is 0 Å². The van der Waals surface area contributed by atoms with Gasteiger partial charge in [-0.15, -0.1) is 0 Å². The Morgan fingerprint density at radius 1 is 0.690 bits per heavy atom. The number of allylic oxidation sites excluding steroid dienone is 2. The summed E-state index contributed by atoms with van der Waals surface area (Å²) in [5, 5.41) is 17.7. The van der Waals surface area contributed by atoms with Crippen LogP contribution in [-0.2, 0) is 9.53 Å². The third kappa shape index (κ3) is 21.7. The molecule has 0 amide bonds. The molecule has 172 valence electrons. The van der Waals surface area contributed by atoms with E-state index in [9.17, 15) is 4.79 Å². The molecule has 0 spiro atoms. The fraction of sp³-hybridized carbons (Fsp3) is 0.880. The molecule has 4 nitrogen and oxygen atoms in total. The average molecular weight is 413 g/mol. The summed E-state index contributed by atoms with van der Waals surface area (Å²) in [6.45, 7) is 1.62. The van der Waals surface area contributed by atoms with Gasteiger partial charge in [-0.05, 0) is 32.1 Å². The van der Waals surface area contributed by atoms with Gasteiger partial charge in [0.1, 0.15) is 6.10 Å². The molecule has 0 aliphatic heterocycles. The van der Waals surface area contributed by atoms with Gasteiger partial charge in [-0.1, -0.05) is 96.1 Å². The highest BCUT2D eigenvalue weighted by Crippen LogP contribution is 2.12. The zero-order chi connectivity index (χ0) is 21.4. The van der Waals surface area contributed by atoms with Gasteiger partial charge in [-0.3, -0.25) is 4.79 Å². The molecule has 0 rings (SSSR count). The van der Waals surface area contributed by atoms with Crippen molar-refractivity contribution in [2.75, 3.05) is 13.2 Å². The van der Waals surface area contributed by atoms with Crippen molar-refractivity contribution in [1.29, 1.82) is 0 Å². The maximum atomic E-state index is 11.5. The Bertz CT molecular complexity index is 364. The molecule has 4 heteroatoms. The summed E-state index contributed by atoms with van der Waals surface area (Å²) in [5.74, 6) is -0.320. The van der Waals surface area contributed by atoms with E-state index in [2.05, 4.69) is 19.1 Å². The molecule has 0 saturated heterocycles. The van der Waals surface area contributed by atoms with Gasteiger partial charge >= 0.3 is 5.97 Å². The van der Waals surface area contributed by atoms with Crippen LogP contribution in [-0.4, -0.2) is 35.5 Å². The number of hydrogen-bond acceptors (Lipinski definition) is 4. The Morgan fingerprint density at radius 3 is 1.55 bits per heavy atom. The lowest BCUT2D eigenvalue weighted by Crippen LogP contribution is -2.25. The summed E-state index contributed by atoms with van der Waals surface area (Å²) in [4.78, 5) is 11.5. The van der Waals surface area contributed by atoms with Crippen LogP contribution in [0.25, 0.3) is 0 Å². The van der Waals surface area contributed by atoms with Crippen LogP contribution in [0.1, 0.15) is 122 Å². The van der Waals surface area contributed by atoms with Crippen molar-refractivity contribution in [3.8, 4) is 0 Å². The first-order valence-corrected chi connectivity index (χ1v) is 12.3. The molecule has 0 aromatic heterocycles. The zero-order valence-electron chi connectivity index (χ0n) is 19.1. The van der Waals surface area contributed by atoms with Crippen molar-refractivity contribution in [2.45, 2.75) is 129 Å². The summed E-state index contributed by atoms with van der Waals surface area (Å²) in [5.41, 5.74) is 0. The smallest absolute Gasteiger partial charge is 0.306 e. The second kappa shape index (κ2) is 23.4. The predicted octanol–water partition coefficient (Wildman–Crippen LogP) is 6.48. The average Bonchev–Trinajstić information content (AvgIpc) is 2.73. The van der Waals surface area contributed by atoms with Gasteiger partial charge in [0.15, 0.2) is 0 Å². The van der Waals surface area contributed by atoms with Crippen LogP contribution in [0.3, 0.4) is 0 Å². The highest BCUT2D eigenvalue weighted by Gasteiger charge is 2.11. The molecule has 0 unspecified atom stereocenters. The quantitative estimate of drug-likeness (QED) is 0.121. The molecular weight excluding hydrogens is 364 g/mol. The number of aliphatic hydroxyl groups excluding tert-OH is 2. The summed E-state index contributed by atoms with van der Waals surface area (Å²) < 4.78 is 4.94. The van der Waals surface area contributed by atoms with Gasteiger partial charge in [0.2, 0.25) is 0 Å². The van der Waals surface area contributed by atoms with E-state index in [1.807, 2.05) is 0 Å². The van der Waals surface area contributed by atoms with E-state index < -0.39 is 6.10 Å². The highest BCUT2D eigenvalue weighted by molar-refractivity contribution is 5.69. The van der Waals surface area contributed by atoms with Crippen molar-refractivity contribution >= 4 is 5.97 Å². The van der Waals surface area contributed by atoms with Gasteiger partial charge in [0.25, 0.3) is 0 Å². The molecule has 0 aromatic rings. The number of unbranched alkanes of at least 4 members (excludes halogenated alkanes) is 15. The molecule has 0 fully saturated rings. The Kier molecular flexibility index (Phi) is 22.7. The summed E-state index contributed by atoms with van der Waals surface area (Å²) in [7, 11) is 0. The summed E-state index contributed by atoms with van der Waals surface area (Å²) in [6.07, 6.45) is 26.0. The van der Waals surface area contributed by atoms with Gasteiger partial charge in [0, 0.05) is 6.42 Å². The van der Waals surface area contributed by atoms with Crippen LogP contribution in [0.5, 0.6) is 0 Å². The lowest BCUT2D eigenvalue weighted by molar-refractivity contribution is -0.153. The second-order valence-corrected chi connectivity index (χ2v) is 8.23. The predicted molar refractivity (Wildman–Crippen MR) is 122 cm³/mol. The molecule has 0 bridgehead atoms. The Labute approximate surface area is 180 Å². The summed E-state index contributed by atoms with van der Waals surface area (Å²) >= 11 is 0. The number of hydrogen-bond donors (Lipinski definition) is 2. The molecule has 2 N–H and O–H groups in total. The van der Waals surface area contributed by atoms with Crippen molar-refractivity contribution in [1.82, 2.24) is 0 Å². The van der Waals surface area contributed by atoms with E-state index in [1.165, 1.54) is 89.9 Å². The number of carbonyl (C=O) groups excluding carboxylic acids is 1. The molecule has 0 radical (unpaired) electrons. The van der Waals surface area contributed by atoms with E-state index in [0.29, 0.717) is 6.42 Å². The lowest BCUT2D eigenvalue weighted by Gasteiger charge is -2.12. The largest absolute Gasteiger partial charge is 0.457 e. The normalized spacial score (nSPS) is 11.6. The number of ether oxygens (including phenoxy) is 1. The van der Waals surface area contributed by atoms with Crippen molar-refractivity contribution < 1.29 is 19.7 Å². The fourth-order valence-electron chi connectivity index (χ4n) is 3.42. The van der Waals surface area contributed by atoms with Crippen LogP contribution in [0.4, 0.5) is 0 Å². The van der Waals surface area contributed by atoms with E-state index in [-0.39, 0.29) is 19.2 Å². The molecule has 0 aliphatic rings. The maximum Gasteiger partial charge on any atom is 0.306 e. The van der Waals surface area contributed by atoms with Crippen LogP contribution < -0.4 is 0 Å². The second-order valence-electron chi connectivity index (χ2n) is 8.23. The van der Waals surface area contributed by atoms with Gasteiger partial charge in [0.05, 0.1) is 13.2 Å². The minimum Gasteiger partial charge on any atom is -0.457 e. The zero-order valence-corrected chi connectivity index (χ0v) is 19.1. The van der Waals surface area contributed by atoms with Crippen LogP contribution in [0, 0.1) is 0 Å². The summed E-state index contributed by atoms with van der Waals surface area (Å²) in [6, 6.07) is 0. The molecule has 0 atom stereocenters. The molecule has 29 heavy (non-hydrogen) atoms. The standard InChI is InChI=1S/C25H48O4/c1-2-3-4-5-6-7-8-9-10-11-12-13-14-15-16-17-18-19-20-21-25(28)29-24(22-26)23-27/h9-10,24,26-27H,2-8,11-23H2,1H3/b10-9+. The molecule has 0 aliphatic carbocycles. The van der Waals surface area contributed by atoms with Crippen molar-refractivity contribution in [3.63, 3.8) is 0 Å². The minimum absolute atomic E-state index is 0.320. The lowest BCUT2D eigenvalue weighted by atomic mass is 10.1. The first-order valence-electron chi connectivity index (χ1n) is 12.3. The van der Waals surface area contributed by atoms with E-state index in [0.717, 1.165) is 19.3 Å². The first kappa shape index (κ1) is 28.1. The van der Waals surface area contributed by atoms with Gasteiger partial charge < -0.3 is 14.9 Å². The van der Waals surface area contributed by atoms with E-state index in [4.69, 9.17) is 14.9 Å². The minimum atomic E-state index is -0.765. The van der Waals surface area contributed by atoms with Crippen LogP contribution >= 0.6 is 0 Å². The van der Waals surface area contributed by atoms with E-state index in [1.54, 1.807) is 0 Å². The number of esters is 1. The SMILES string of the molecule is CCCCCCCC/C=C/CCCCCCCCCCCC(=O)OC(CO)CO. The molecule has 0 aromatic carbocycles. The number of carbonyl (C=O) groups is 1. The van der Waals surface area contributed by atoms with E-state index >= 15 is 0 Å². The Balaban J connectivity index is 3.22. The molecule has 0 heterocycles. The molecular formula is C25H48O4. The Morgan fingerprint density at radius 2 is 1.10 bits per heavy atom. The van der Waals surface area contributed by atoms with Crippen LogP contribution in [0.15, 0.2) is 12.2 Å². The third-order valence-corrected chi connectivity index (χ3v) is 5.35. The topological polar surface area (TPSA) is 66.8 Å². The number of aliphatic hydroxyl groups is 2. The molecule has 0 saturated carbocycles. The van der Waals surface area contributed by atoms with Crippen LogP contribution in [0.2, 0.25) is 0 Å².